The molecule has 0 radical (unpaired) electrons. The number of benzene rings is 1. The Morgan fingerprint density at radius 1 is 0.857 bits per heavy atom. The molecule has 0 N–H and O–H groups in total. The van der Waals surface area contributed by atoms with Crippen LogP contribution >= 0.6 is 0 Å². The van der Waals surface area contributed by atoms with Crippen molar-refractivity contribution in [1.82, 2.24) is 0 Å². The molecule has 3 heteroatoms. The van der Waals surface area contributed by atoms with Crippen molar-refractivity contribution in [2.75, 3.05) is 0 Å². The second-order valence-electron chi connectivity index (χ2n) is 9.62. The highest BCUT2D eigenvalue weighted by Crippen LogP contribution is 2.53. The van der Waals surface area contributed by atoms with Crippen LogP contribution in [-0.2, 0) is 0 Å². The highest BCUT2D eigenvalue weighted by Gasteiger charge is 2.43. The summed E-state index contributed by atoms with van der Waals surface area (Å²) in [6, 6.07) is 2.17. The first-order valence-electron chi connectivity index (χ1n) is 11.4. The standard InChI is InChI=1S/C25H33F3/c1-2-3-16-6-10-21-19(12-16)8-9-20-13-17(7-11-22(20)21)4-5-18-14-23(26)25(28)24(27)15-18/h4-5,14-17,19-22H,2-3,6-13H2,1H3. The van der Waals surface area contributed by atoms with Crippen LogP contribution in [0.5, 0.6) is 0 Å². The monoisotopic (exact) mass is 390 g/mol. The van der Waals surface area contributed by atoms with Crippen LogP contribution < -0.4 is 0 Å². The van der Waals surface area contributed by atoms with Gasteiger partial charge in [-0.05, 0) is 98.1 Å². The van der Waals surface area contributed by atoms with E-state index in [-0.39, 0.29) is 0 Å². The molecule has 0 bridgehead atoms. The minimum Gasteiger partial charge on any atom is -0.204 e. The van der Waals surface area contributed by atoms with Gasteiger partial charge < -0.3 is 0 Å². The van der Waals surface area contributed by atoms with Crippen LogP contribution in [0.15, 0.2) is 18.2 Å². The molecule has 28 heavy (non-hydrogen) atoms. The summed E-state index contributed by atoms with van der Waals surface area (Å²) in [7, 11) is 0. The van der Waals surface area contributed by atoms with E-state index in [0.717, 1.165) is 41.7 Å². The second kappa shape index (κ2) is 8.63. The number of allylic oxidation sites excluding steroid dienone is 1. The molecule has 0 aliphatic heterocycles. The van der Waals surface area contributed by atoms with E-state index in [1.54, 1.807) is 6.08 Å². The predicted molar refractivity (Wildman–Crippen MR) is 108 cm³/mol. The fourth-order valence-electron chi connectivity index (χ4n) is 6.69. The van der Waals surface area contributed by atoms with Crippen LogP contribution in [-0.4, -0.2) is 0 Å². The van der Waals surface area contributed by atoms with Crippen molar-refractivity contribution in [3.63, 3.8) is 0 Å². The SMILES string of the molecule is CCCC1CCC2C(CCC3CC(C=Cc4cc(F)c(F)c(F)c4)CCC32)C1. The van der Waals surface area contributed by atoms with E-state index >= 15 is 0 Å². The van der Waals surface area contributed by atoms with Gasteiger partial charge in [0.1, 0.15) is 0 Å². The minimum absolute atomic E-state index is 0.413. The van der Waals surface area contributed by atoms with Crippen LogP contribution in [0.3, 0.4) is 0 Å². The van der Waals surface area contributed by atoms with Gasteiger partial charge in [0.15, 0.2) is 17.5 Å². The van der Waals surface area contributed by atoms with E-state index in [2.05, 4.69) is 13.0 Å². The molecule has 6 unspecified atom stereocenters. The molecule has 1 aromatic carbocycles. The number of hydrogen-bond donors (Lipinski definition) is 0. The van der Waals surface area contributed by atoms with Crippen LogP contribution in [0, 0.1) is 53.0 Å². The van der Waals surface area contributed by atoms with Gasteiger partial charge in [-0.2, -0.15) is 0 Å². The first kappa shape index (κ1) is 20.0. The van der Waals surface area contributed by atoms with Gasteiger partial charge in [0, 0.05) is 0 Å². The van der Waals surface area contributed by atoms with Crippen molar-refractivity contribution in [3.8, 4) is 0 Å². The van der Waals surface area contributed by atoms with Crippen molar-refractivity contribution in [1.29, 1.82) is 0 Å². The summed E-state index contributed by atoms with van der Waals surface area (Å²) < 4.78 is 39.9. The molecule has 0 saturated heterocycles. The molecule has 3 fully saturated rings. The summed E-state index contributed by atoms with van der Waals surface area (Å²) in [4.78, 5) is 0. The summed E-state index contributed by atoms with van der Waals surface area (Å²) in [6.45, 7) is 2.31. The van der Waals surface area contributed by atoms with Crippen molar-refractivity contribution < 1.29 is 13.2 Å². The molecular weight excluding hydrogens is 357 g/mol. The lowest BCUT2D eigenvalue weighted by Crippen LogP contribution is -2.41. The maximum atomic E-state index is 13.4. The van der Waals surface area contributed by atoms with Gasteiger partial charge in [0.25, 0.3) is 0 Å². The lowest BCUT2D eigenvalue weighted by molar-refractivity contribution is 0.00235. The number of rotatable bonds is 4. The van der Waals surface area contributed by atoms with Gasteiger partial charge in [0.05, 0.1) is 0 Å². The topological polar surface area (TPSA) is 0 Å². The molecule has 6 atom stereocenters. The Kier molecular flexibility index (Phi) is 6.18. The molecule has 3 aliphatic rings. The Hall–Kier alpha value is -1.25. The third kappa shape index (κ3) is 4.19. The smallest absolute Gasteiger partial charge is 0.194 e. The highest BCUT2D eigenvalue weighted by molar-refractivity contribution is 5.49. The minimum atomic E-state index is -1.39. The zero-order chi connectivity index (χ0) is 19.7. The molecule has 0 amide bonds. The van der Waals surface area contributed by atoms with Crippen LogP contribution in [0.2, 0.25) is 0 Å². The predicted octanol–water partition coefficient (Wildman–Crippen LogP) is 7.78. The molecule has 3 aliphatic carbocycles. The zero-order valence-corrected chi connectivity index (χ0v) is 17.0. The summed E-state index contributed by atoms with van der Waals surface area (Å²) in [5.41, 5.74) is 0.413. The summed E-state index contributed by atoms with van der Waals surface area (Å²) in [5, 5.41) is 0. The average Bonchev–Trinajstić information content (AvgIpc) is 2.70. The maximum Gasteiger partial charge on any atom is 0.194 e. The first-order chi connectivity index (χ1) is 13.5. The average molecular weight is 391 g/mol. The van der Waals surface area contributed by atoms with Gasteiger partial charge in [-0.15, -0.1) is 0 Å². The Morgan fingerprint density at radius 3 is 2.18 bits per heavy atom. The van der Waals surface area contributed by atoms with Gasteiger partial charge in [-0.25, -0.2) is 13.2 Å². The van der Waals surface area contributed by atoms with Crippen LogP contribution in [0.25, 0.3) is 6.08 Å². The van der Waals surface area contributed by atoms with Gasteiger partial charge in [-0.3, -0.25) is 0 Å². The Morgan fingerprint density at radius 2 is 1.50 bits per heavy atom. The molecule has 3 saturated carbocycles. The van der Waals surface area contributed by atoms with Crippen molar-refractivity contribution >= 4 is 6.08 Å². The molecule has 4 rings (SSSR count). The molecular formula is C25H33F3. The summed E-state index contributed by atoms with van der Waals surface area (Å²) in [5.74, 6) is 1.45. The fraction of sp³-hybridized carbons (Fsp3) is 0.680. The largest absolute Gasteiger partial charge is 0.204 e. The van der Waals surface area contributed by atoms with Gasteiger partial charge in [-0.1, -0.05) is 38.3 Å². The maximum absolute atomic E-state index is 13.4. The van der Waals surface area contributed by atoms with Crippen molar-refractivity contribution in [2.24, 2.45) is 35.5 Å². The van der Waals surface area contributed by atoms with Crippen molar-refractivity contribution in [2.45, 2.75) is 71.1 Å². The van der Waals surface area contributed by atoms with E-state index in [1.165, 1.54) is 64.2 Å². The number of halogens is 3. The zero-order valence-electron chi connectivity index (χ0n) is 17.0. The number of fused-ring (bicyclic) bond motifs is 3. The van der Waals surface area contributed by atoms with E-state index < -0.39 is 17.5 Å². The van der Waals surface area contributed by atoms with E-state index in [0.29, 0.717) is 11.5 Å². The molecule has 0 aromatic heterocycles. The Balaban J connectivity index is 1.36. The second-order valence-corrected chi connectivity index (χ2v) is 9.62. The van der Waals surface area contributed by atoms with Gasteiger partial charge in [0.2, 0.25) is 0 Å². The third-order valence-electron chi connectivity index (χ3n) is 7.95. The molecule has 0 spiro atoms. The highest BCUT2D eigenvalue weighted by atomic mass is 19.2. The van der Waals surface area contributed by atoms with E-state index in [9.17, 15) is 13.2 Å². The van der Waals surface area contributed by atoms with E-state index in [4.69, 9.17) is 0 Å². The number of hydrogen-bond acceptors (Lipinski definition) is 0. The van der Waals surface area contributed by atoms with Crippen LogP contribution in [0.4, 0.5) is 13.2 Å². The van der Waals surface area contributed by atoms with Gasteiger partial charge >= 0.3 is 0 Å². The molecule has 0 heterocycles. The third-order valence-corrected chi connectivity index (χ3v) is 7.95. The lowest BCUT2D eigenvalue weighted by Gasteiger charge is -2.50. The Bertz CT molecular complexity index is 687. The van der Waals surface area contributed by atoms with Crippen LogP contribution in [0.1, 0.15) is 76.7 Å². The first-order valence-corrected chi connectivity index (χ1v) is 11.4. The quantitative estimate of drug-likeness (QED) is 0.461. The summed E-state index contributed by atoms with van der Waals surface area (Å²) >= 11 is 0. The Labute approximate surface area is 167 Å². The fourth-order valence-corrected chi connectivity index (χ4v) is 6.69. The molecule has 0 nitrogen and oxygen atoms in total. The summed E-state index contributed by atoms with van der Waals surface area (Å²) in [6.07, 6.45) is 17.4. The normalized spacial score (nSPS) is 35.6. The van der Waals surface area contributed by atoms with Crippen molar-refractivity contribution in [3.05, 3.63) is 41.2 Å². The van der Waals surface area contributed by atoms with E-state index in [1.807, 2.05) is 0 Å². The molecule has 1 aromatic rings. The molecule has 154 valence electrons. The lowest BCUT2D eigenvalue weighted by atomic mass is 9.55.